The Kier molecular flexibility index (Phi) is 7.41. The molecule has 0 radical (unpaired) electrons. The second-order valence-corrected chi connectivity index (χ2v) is 14.3. The van der Waals surface area contributed by atoms with Gasteiger partial charge in [-0.15, -0.1) is 0 Å². The zero-order valence-electron chi connectivity index (χ0n) is 18.1. The van der Waals surface area contributed by atoms with Gasteiger partial charge in [-0.1, -0.05) is 50.0 Å². The van der Waals surface area contributed by atoms with Crippen LogP contribution in [0.1, 0.15) is 16.8 Å². The lowest BCUT2D eigenvalue weighted by atomic mass is 10.1. The number of nitrogens with one attached hydrogen (secondary N) is 1. The van der Waals surface area contributed by atoms with Crippen LogP contribution in [0.4, 0.5) is 0 Å². The number of hydrogen-bond donors (Lipinski definition) is 2. The van der Waals surface area contributed by atoms with Crippen LogP contribution in [-0.2, 0) is 11.5 Å². The van der Waals surface area contributed by atoms with Crippen LogP contribution >= 0.6 is 0 Å². The van der Waals surface area contributed by atoms with Crippen molar-refractivity contribution in [3.05, 3.63) is 54.1 Å². The van der Waals surface area contributed by atoms with Gasteiger partial charge < -0.3 is 15.8 Å². The summed E-state index contributed by atoms with van der Waals surface area (Å²) in [6, 6.07) is 16.9. The maximum absolute atomic E-state index is 12.2. The summed E-state index contributed by atoms with van der Waals surface area (Å²) in [7, 11) is -1.12. The summed E-state index contributed by atoms with van der Waals surface area (Å²) in [5.41, 5.74) is 9.03. The van der Waals surface area contributed by atoms with Crippen molar-refractivity contribution < 1.29 is 9.53 Å². The van der Waals surface area contributed by atoms with E-state index < -0.39 is 8.07 Å². The van der Waals surface area contributed by atoms with E-state index in [1.165, 1.54) is 0 Å². The first kappa shape index (κ1) is 22.2. The van der Waals surface area contributed by atoms with Crippen molar-refractivity contribution in [1.82, 2.24) is 15.1 Å². The molecule has 3 rings (SSSR count). The molecular formula is C23H32N4O2Si. The van der Waals surface area contributed by atoms with E-state index in [0.29, 0.717) is 25.4 Å². The Balaban J connectivity index is 1.76. The second kappa shape index (κ2) is 10.0. The van der Waals surface area contributed by atoms with Crippen molar-refractivity contribution >= 4 is 24.9 Å². The van der Waals surface area contributed by atoms with Gasteiger partial charge in [-0.2, -0.15) is 5.10 Å². The van der Waals surface area contributed by atoms with Crippen molar-refractivity contribution in [2.24, 2.45) is 5.73 Å². The van der Waals surface area contributed by atoms with Crippen molar-refractivity contribution in [1.29, 1.82) is 0 Å². The average molecular weight is 425 g/mol. The molecule has 160 valence electrons. The molecule has 0 fully saturated rings. The third-order valence-corrected chi connectivity index (χ3v) is 6.66. The van der Waals surface area contributed by atoms with Gasteiger partial charge in [0.05, 0.1) is 5.52 Å². The van der Waals surface area contributed by atoms with Gasteiger partial charge in [-0.25, -0.2) is 4.68 Å². The summed E-state index contributed by atoms with van der Waals surface area (Å²) >= 11 is 0. The lowest BCUT2D eigenvalue weighted by Gasteiger charge is -2.15. The average Bonchev–Trinajstić information content (AvgIpc) is 3.09. The van der Waals surface area contributed by atoms with Crippen LogP contribution in [0.2, 0.25) is 25.7 Å². The van der Waals surface area contributed by atoms with E-state index in [1.54, 1.807) is 0 Å². The number of para-hydroxylation sites is 1. The fraction of sp³-hybridized carbons (Fsp3) is 0.391. The Morgan fingerprint density at radius 3 is 2.57 bits per heavy atom. The van der Waals surface area contributed by atoms with Gasteiger partial charge in [0.2, 0.25) is 0 Å². The number of nitrogens with zero attached hydrogens (tertiary/aromatic N) is 2. The van der Waals surface area contributed by atoms with E-state index in [9.17, 15) is 4.79 Å². The summed E-state index contributed by atoms with van der Waals surface area (Å²) in [5.74, 6) is -0.0822. The van der Waals surface area contributed by atoms with Crippen LogP contribution in [0.25, 0.3) is 22.2 Å². The number of ether oxygens (including phenoxy) is 1. The number of hydrogen-bond acceptors (Lipinski definition) is 4. The minimum Gasteiger partial charge on any atom is -0.360 e. The molecule has 3 aromatic rings. The molecule has 6 nitrogen and oxygen atoms in total. The third kappa shape index (κ3) is 5.78. The molecule has 0 saturated carbocycles. The zero-order chi connectivity index (χ0) is 21.6. The summed E-state index contributed by atoms with van der Waals surface area (Å²) in [6.07, 6.45) is 0.771. The van der Waals surface area contributed by atoms with Gasteiger partial charge in [0.25, 0.3) is 5.91 Å². The summed E-state index contributed by atoms with van der Waals surface area (Å²) < 4.78 is 7.84. The number of amides is 1. The molecule has 30 heavy (non-hydrogen) atoms. The van der Waals surface area contributed by atoms with E-state index in [2.05, 4.69) is 37.1 Å². The largest absolute Gasteiger partial charge is 0.360 e. The highest BCUT2D eigenvalue weighted by Crippen LogP contribution is 2.28. The number of carbonyl (C=O) groups excluding carboxylic acids is 1. The third-order valence-electron chi connectivity index (χ3n) is 4.95. The molecule has 0 aliphatic carbocycles. The van der Waals surface area contributed by atoms with Crippen molar-refractivity contribution in [3.63, 3.8) is 0 Å². The number of benzene rings is 2. The molecule has 0 saturated heterocycles. The molecule has 1 heterocycles. The molecule has 0 aliphatic heterocycles. The van der Waals surface area contributed by atoms with Crippen LogP contribution in [0.5, 0.6) is 0 Å². The number of nitrogens with two attached hydrogens (primary N) is 1. The quantitative estimate of drug-likeness (QED) is 0.379. The predicted molar refractivity (Wildman–Crippen MR) is 125 cm³/mol. The Morgan fingerprint density at radius 2 is 1.87 bits per heavy atom. The Bertz CT molecular complexity index is 977. The number of fused-ring (bicyclic) bond motifs is 1. The molecule has 0 atom stereocenters. The van der Waals surface area contributed by atoms with E-state index >= 15 is 0 Å². The fourth-order valence-electron chi connectivity index (χ4n) is 3.15. The summed E-state index contributed by atoms with van der Waals surface area (Å²) in [5, 5.41) is 8.77. The minimum atomic E-state index is -1.12. The monoisotopic (exact) mass is 424 g/mol. The molecule has 2 aromatic carbocycles. The van der Waals surface area contributed by atoms with E-state index in [1.807, 2.05) is 41.1 Å². The molecular weight excluding hydrogens is 392 g/mol. The number of carbonyl (C=O) groups is 1. The van der Waals surface area contributed by atoms with Crippen LogP contribution in [0, 0.1) is 0 Å². The van der Waals surface area contributed by atoms with Gasteiger partial charge in [0.1, 0.15) is 12.4 Å². The topological polar surface area (TPSA) is 82.2 Å². The SMILES string of the molecule is C[Si](C)(C)CCOCn1nc(-c2ccc(C(=O)NCCCN)cc2)c2ccccc21. The highest BCUT2D eigenvalue weighted by Gasteiger charge is 2.15. The summed E-state index contributed by atoms with van der Waals surface area (Å²) in [4.78, 5) is 12.2. The van der Waals surface area contributed by atoms with Crippen LogP contribution in [0.15, 0.2) is 48.5 Å². The number of rotatable bonds is 10. The fourth-order valence-corrected chi connectivity index (χ4v) is 3.91. The molecule has 0 spiro atoms. The van der Waals surface area contributed by atoms with Crippen LogP contribution in [-0.4, -0.2) is 43.5 Å². The molecule has 1 aromatic heterocycles. The van der Waals surface area contributed by atoms with E-state index in [0.717, 1.165) is 41.2 Å². The standard InChI is InChI=1S/C23H32N4O2Si/c1-30(2,3)16-15-29-17-27-21-8-5-4-7-20(21)22(26-27)18-9-11-19(12-10-18)23(28)25-14-6-13-24/h4-5,7-12H,6,13-17,24H2,1-3H3,(H,25,28). The summed E-state index contributed by atoms with van der Waals surface area (Å²) in [6.45, 7) is 9.39. The highest BCUT2D eigenvalue weighted by molar-refractivity contribution is 6.76. The maximum Gasteiger partial charge on any atom is 0.251 e. The lowest BCUT2D eigenvalue weighted by molar-refractivity contribution is 0.0818. The number of aromatic nitrogens is 2. The molecule has 3 N–H and O–H groups in total. The van der Waals surface area contributed by atoms with Gasteiger partial charge in [0.15, 0.2) is 0 Å². The molecule has 1 amide bonds. The normalized spacial score (nSPS) is 11.7. The van der Waals surface area contributed by atoms with Gasteiger partial charge in [-0.05, 0) is 37.2 Å². The molecule has 0 bridgehead atoms. The first-order chi connectivity index (χ1) is 14.4. The van der Waals surface area contributed by atoms with Crippen LogP contribution in [0.3, 0.4) is 0 Å². The smallest absolute Gasteiger partial charge is 0.251 e. The lowest BCUT2D eigenvalue weighted by Crippen LogP contribution is -2.25. The van der Waals surface area contributed by atoms with E-state index in [-0.39, 0.29) is 5.91 Å². The molecule has 7 heteroatoms. The molecule has 0 aliphatic rings. The Labute approximate surface area is 179 Å². The van der Waals surface area contributed by atoms with Gasteiger partial charge in [-0.3, -0.25) is 4.79 Å². The highest BCUT2D eigenvalue weighted by atomic mass is 28.3. The van der Waals surface area contributed by atoms with Crippen LogP contribution < -0.4 is 11.1 Å². The zero-order valence-corrected chi connectivity index (χ0v) is 19.1. The van der Waals surface area contributed by atoms with Crippen molar-refractivity contribution in [3.8, 4) is 11.3 Å². The van der Waals surface area contributed by atoms with Crippen molar-refractivity contribution in [2.75, 3.05) is 19.7 Å². The predicted octanol–water partition coefficient (Wildman–Crippen LogP) is 4.09. The maximum atomic E-state index is 12.2. The Hall–Kier alpha value is -2.48. The second-order valence-electron chi connectivity index (χ2n) is 8.69. The Morgan fingerprint density at radius 1 is 1.13 bits per heavy atom. The van der Waals surface area contributed by atoms with Gasteiger partial charge >= 0.3 is 0 Å². The molecule has 0 unspecified atom stereocenters. The first-order valence-electron chi connectivity index (χ1n) is 10.5. The first-order valence-corrected chi connectivity index (χ1v) is 14.2. The van der Waals surface area contributed by atoms with Gasteiger partial charge in [0, 0.05) is 37.7 Å². The minimum absolute atomic E-state index is 0.0822. The van der Waals surface area contributed by atoms with Crippen molar-refractivity contribution in [2.45, 2.75) is 38.8 Å². The van der Waals surface area contributed by atoms with E-state index in [4.69, 9.17) is 15.6 Å².